The first-order valence-electron chi connectivity index (χ1n) is 9.34. The predicted molar refractivity (Wildman–Crippen MR) is 96.8 cm³/mol. The zero-order valence-electron chi connectivity index (χ0n) is 15.5. The van der Waals surface area contributed by atoms with Gasteiger partial charge in [-0.15, -0.1) is 0 Å². The number of aromatic nitrogens is 3. The van der Waals surface area contributed by atoms with Crippen LogP contribution in [0, 0.1) is 17.6 Å². The molecule has 1 amide bonds. The monoisotopic (exact) mass is 377 g/mol. The molecule has 0 spiro atoms. The van der Waals surface area contributed by atoms with Crippen molar-refractivity contribution in [2.24, 2.45) is 5.92 Å². The van der Waals surface area contributed by atoms with E-state index < -0.39 is 11.6 Å². The Morgan fingerprint density at radius 3 is 2.78 bits per heavy atom. The van der Waals surface area contributed by atoms with Crippen molar-refractivity contribution in [3.63, 3.8) is 0 Å². The summed E-state index contributed by atoms with van der Waals surface area (Å²) in [6.07, 6.45) is 3.50. The Labute approximate surface area is 157 Å². The van der Waals surface area contributed by atoms with Gasteiger partial charge in [0.15, 0.2) is 0 Å². The zero-order chi connectivity index (χ0) is 19.2. The van der Waals surface area contributed by atoms with E-state index in [2.05, 4.69) is 20.3 Å². The maximum atomic E-state index is 13.6. The number of nitrogens with one attached hydrogen (secondary N) is 1. The third-order valence-electron chi connectivity index (χ3n) is 5.02. The van der Waals surface area contributed by atoms with Gasteiger partial charge in [-0.05, 0) is 50.4 Å². The number of piperidine rings is 1. The Balaban J connectivity index is 1.39. The first-order chi connectivity index (χ1) is 13.0. The van der Waals surface area contributed by atoms with Crippen LogP contribution in [0.25, 0.3) is 0 Å². The first kappa shape index (κ1) is 19.4. The molecule has 2 heterocycles. The number of nitrogens with zero attached hydrogens (tertiary/aromatic N) is 4. The van der Waals surface area contributed by atoms with Crippen molar-refractivity contribution < 1.29 is 13.6 Å². The molecule has 1 fully saturated rings. The average molecular weight is 377 g/mol. The van der Waals surface area contributed by atoms with Gasteiger partial charge in [0.1, 0.15) is 23.8 Å². The molecule has 1 N–H and O–H groups in total. The second kappa shape index (κ2) is 9.03. The van der Waals surface area contributed by atoms with Crippen molar-refractivity contribution in [3.05, 3.63) is 47.5 Å². The molecule has 0 aliphatic carbocycles. The van der Waals surface area contributed by atoms with Gasteiger partial charge in [-0.3, -0.25) is 9.69 Å². The van der Waals surface area contributed by atoms with Gasteiger partial charge in [-0.25, -0.2) is 18.4 Å². The fraction of sp³-hybridized carbons (Fsp3) is 0.526. The summed E-state index contributed by atoms with van der Waals surface area (Å²) in [7, 11) is 0. The number of carbonyl (C=O) groups excluding carboxylic acids is 1. The summed E-state index contributed by atoms with van der Waals surface area (Å²) >= 11 is 0. The van der Waals surface area contributed by atoms with E-state index in [1.165, 1.54) is 12.1 Å². The molecule has 2 aromatic rings. The Morgan fingerprint density at radius 2 is 2.07 bits per heavy atom. The van der Waals surface area contributed by atoms with E-state index >= 15 is 0 Å². The molecule has 1 saturated heterocycles. The van der Waals surface area contributed by atoms with Crippen LogP contribution in [0.3, 0.4) is 0 Å². The van der Waals surface area contributed by atoms with Crippen LogP contribution in [-0.2, 0) is 24.3 Å². The van der Waals surface area contributed by atoms with Gasteiger partial charge in [-0.1, -0.05) is 6.07 Å². The van der Waals surface area contributed by atoms with Gasteiger partial charge in [0.25, 0.3) is 0 Å². The van der Waals surface area contributed by atoms with E-state index in [4.69, 9.17) is 0 Å². The zero-order valence-corrected chi connectivity index (χ0v) is 15.5. The highest BCUT2D eigenvalue weighted by atomic mass is 19.1. The molecular weight excluding hydrogens is 352 g/mol. The van der Waals surface area contributed by atoms with Crippen LogP contribution in [0.2, 0.25) is 0 Å². The van der Waals surface area contributed by atoms with Crippen LogP contribution in [0.4, 0.5) is 8.78 Å². The number of likely N-dealkylation sites (tertiary alicyclic amines) is 1. The largest absolute Gasteiger partial charge is 0.356 e. The van der Waals surface area contributed by atoms with E-state index in [1.54, 1.807) is 6.33 Å². The van der Waals surface area contributed by atoms with Crippen LogP contribution in [0.1, 0.15) is 31.2 Å². The normalized spacial score (nSPS) is 15.8. The van der Waals surface area contributed by atoms with Gasteiger partial charge in [0.2, 0.25) is 5.91 Å². The SMILES string of the molecule is CCn1ncnc1CN1CCC(CNC(=O)Cc2ccc(F)cc2F)CC1. The van der Waals surface area contributed by atoms with E-state index in [9.17, 15) is 13.6 Å². The van der Waals surface area contributed by atoms with E-state index in [-0.39, 0.29) is 17.9 Å². The van der Waals surface area contributed by atoms with Crippen LogP contribution in [-0.4, -0.2) is 45.2 Å². The molecule has 0 unspecified atom stereocenters. The molecule has 3 rings (SSSR count). The van der Waals surface area contributed by atoms with Crippen molar-refractivity contribution in [1.82, 2.24) is 25.0 Å². The number of benzene rings is 1. The van der Waals surface area contributed by atoms with Crippen LogP contribution >= 0.6 is 0 Å². The van der Waals surface area contributed by atoms with Crippen LogP contribution < -0.4 is 5.32 Å². The quantitative estimate of drug-likeness (QED) is 0.803. The highest BCUT2D eigenvalue weighted by Gasteiger charge is 2.21. The lowest BCUT2D eigenvalue weighted by Gasteiger charge is -2.31. The van der Waals surface area contributed by atoms with Gasteiger partial charge >= 0.3 is 0 Å². The van der Waals surface area contributed by atoms with Crippen LogP contribution in [0.5, 0.6) is 0 Å². The third kappa shape index (κ3) is 5.32. The highest BCUT2D eigenvalue weighted by Crippen LogP contribution is 2.18. The van der Waals surface area contributed by atoms with Gasteiger partial charge in [-0.2, -0.15) is 5.10 Å². The van der Waals surface area contributed by atoms with E-state index in [1.807, 2.05) is 11.6 Å². The second-order valence-corrected chi connectivity index (χ2v) is 6.93. The van der Waals surface area contributed by atoms with Gasteiger partial charge < -0.3 is 5.32 Å². The Bertz CT molecular complexity index is 771. The topological polar surface area (TPSA) is 63.1 Å². The summed E-state index contributed by atoms with van der Waals surface area (Å²) in [6, 6.07) is 3.29. The third-order valence-corrected chi connectivity index (χ3v) is 5.02. The molecule has 0 radical (unpaired) electrons. The number of rotatable bonds is 7. The first-order valence-corrected chi connectivity index (χ1v) is 9.34. The predicted octanol–water partition coefficient (Wildman–Crippen LogP) is 2.15. The average Bonchev–Trinajstić information content (AvgIpc) is 3.10. The van der Waals surface area contributed by atoms with Crippen molar-refractivity contribution in [2.45, 2.75) is 39.3 Å². The molecule has 1 aromatic carbocycles. The minimum absolute atomic E-state index is 0.0718. The molecule has 0 atom stereocenters. The van der Waals surface area contributed by atoms with E-state index in [0.717, 1.165) is 50.9 Å². The molecule has 27 heavy (non-hydrogen) atoms. The lowest BCUT2D eigenvalue weighted by atomic mass is 9.96. The fourth-order valence-corrected chi connectivity index (χ4v) is 3.38. The van der Waals surface area contributed by atoms with Gasteiger partial charge in [0.05, 0.1) is 13.0 Å². The molecule has 8 heteroatoms. The molecule has 0 bridgehead atoms. The molecule has 0 saturated carbocycles. The minimum Gasteiger partial charge on any atom is -0.356 e. The van der Waals surface area contributed by atoms with Crippen molar-refractivity contribution in [2.75, 3.05) is 19.6 Å². The molecule has 1 aliphatic rings. The number of hydrogen-bond donors (Lipinski definition) is 1. The maximum absolute atomic E-state index is 13.6. The number of amides is 1. The highest BCUT2D eigenvalue weighted by molar-refractivity contribution is 5.78. The number of aryl methyl sites for hydroxylation is 1. The number of hydrogen-bond acceptors (Lipinski definition) is 4. The fourth-order valence-electron chi connectivity index (χ4n) is 3.38. The smallest absolute Gasteiger partial charge is 0.224 e. The summed E-state index contributed by atoms with van der Waals surface area (Å²) in [4.78, 5) is 18.7. The lowest BCUT2D eigenvalue weighted by Crippen LogP contribution is -2.39. The molecule has 6 nitrogen and oxygen atoms in total. The summed E-state index contributed by atoms with van der Waals surface area (Å²) in [5.41, 5.74) is 0.212. The number of halogens is 2. The molecule has 1 aromatic heterocycles. The van der Waals surface area contributed by atoms with E-state index in [0.29, 0.717) is 12.5 Å². The Morgan fingerprint density at radius 1 is 1.30 bits per heavy atom. The van der Waals surface area contributed by atoms with Gasteiger partial charge in [0, 0.05) is 19.2 Å². The second-order valence-electron chi connectivity index (χ2n) is 6.93. The molecule has 146 valence electrons. The summed E-state index contributed by atoms with van der Waals surface area (Å²) in [5, 5.41) is 7.07. The van der Waals surface area contributed by atoms with Crippen molar-refractivity contribution in [3.8, 4) is 0 Å². The Hall–Kier alpha value is -2.35. The standard InChI is InChI=1S/C19H25F2N5O/c1-2-26-18(23-13-24-26)12-25-7-5-14(6-8-25)11-22-19(27)9-15-3-4-16(20)10-17(15)21/h3-4,10,13-14H,2,5-9,11-12H2,1H3,(H,22,27). The lowest BCUT2D eigenvalue weighted by molar-refractivity contribution is -0.120. The molecular formula is C19H25F2N5O. The Kier molecular flexibility index (Phi) is 6.49. The number of carbonyl (C=O) groups is 1. The maximum Gasteiger partial charge on any atom is 0.224 e. The molecule has 1 aliphatic heterocycles. The summed E-state index contributed by atoms with van der Waals surface area (Å²) < 4.78 is 28.4. The van der Waals surface area contributed by atoms with Crippen LogP contribution in [0.15, 0.2) is 24.5 Å². The summed E-state index contributed by atoms with van der Waals surface area (Å²) in [6.45, 7) is 6.13. The minimum atomic E-state index is -0.682. The van der Waals surface area contributed by atoms with Crippen molar-refractivity contribution in [1.29, 1.82) is 0 Å². The summed E-state index contributed by atoms with van der Waals surface area (Å²) in [5.74, 6) is -0.170. The van der Waals surface area contributed by atoms with Crippen molar-refractivity contribution >= 4 is 5.91 Å².